The minimum Gasteiger partial charge on any atom is -0.311 e. The van der Waals surface area contributed by atoms with Gasteiger partial charge in [0, 0.05) is 16.1 Å². The van der Waals surface area contributed by atoms with Crippen LogP contribution in [-0.2, 0) is 9.05 Å². The first kappa shape index (κ1) is 10.2. The molecule has 1 aromatic heterocycles. The molecule has 0 aliphatic rings. The van der Waals surface area contributed by atoms with Crippen molar-refractivity contribution in [3.8, 4) is 0 Å². The first-order chi connectivity index (χ1) is 6.98. The van der Waals surface area contributed by atoms with Crippen molar-refractivity contribution in [3.63, 3.8) is 0 Å². The van der Waals surface area contributed by atoms with Crippen LogP contribution in [0.3, 0.4) is 0 Å². The maximum atomic E-state index is 11.5. The molecule has 78 valence electrons. The molecular weight excluding hydrogens is 238 g/mol. The van der Waals surface area contributed by atoms with Crippen molar-refractivity contribution < 1.29 is 8.42 Å². The zero-order valence-corrected chi connectivity index (χ0v) is 8.97. The number of nitrogens with one attached hydrogen (secondary N) is 1. The Morgan fingerprint density at radius 3 is 2.53 bits per heavy atom. The van der Waals surface area contributed by atoms with E-state index < -0.39 is 14.6 Å². The van der Waals surface area contributed by atoms with E-state index in [0.29, 0.717) is 10.8 Å². The lowest BCUT2D eigenvalue weighted by atomic mass is 10.2. The molecule has 6 heteroatoms. The van der Waals surface area contributed by atoms with Crippen molar-refractivity contribution in [2.24, 2.45) is 0 Å². The molecule has 0 bridgehead atoms. The largest absolute Gasteiger partial charge is 0.311 e. The molecule has 0 fully saturated rings. The van der Waals surface area contributed by atoms with Gasteiger partial charge in [0.2, 0.25) is 0 Å². The Hall–Kier alpha value is -1.33. The molecule has 1 heterocycles. The fourth-order valence-electron chi connectivity index (χ4n) is 1.32. The smallest absolute Gasteiger partial charge is 0.276 e. The summed E-state index contributed by atoms with van der Waals surface area (Å²) in [6, 6.07) is 8.01. The first-order valence-electron chi connectivity index (χ1n) is 4.05. The highest BCUT2D eigenvalue weighted by Crippen LogP contribution is 2.15. The van der Waals surface area contributed by atoms with E-state index in [1.54, 1.807) is 24.3 Å². The van der Waals surface area contributed by atoms with Crippen LogP contribution in [0, 0.1) is 0 Å². The second kappa shape index (κ2) is 3.36. The molecule has 0 unspecified atom stereocenters. The normalized spacial score (nSPS) is 11.8. The lowest BCUT2D eigenvalue weighted by Crippen LogP contribution is -2.10. The van der Waals surface area contributed by atoms with Crippen LogP contribution < -0.4 is 5.56 Å². The fraction of sp³-hybridized carbons (Fsp3) is 0. The number of halogens is 1. The van der Waals surface area contributed by atoms with Gasteiger partial charge >= 0.3 is 0 Å². The van der Waals surface area contributed by atoms with Gasteiger partial charge in [0.15, 0.2) is 5.03 Å². The van der Waals surface area contributed by atoms with E-state index in [0.717, 1.165) is 0 Å². The molecule has 0 amide bonds. The standard InChI is InChI=1S/C9H6ClNO3S/c10-15(13,14)8-5-6-3-1-2-4-7(6)9(12)11-8/h1-5H,(H,11,12). The monoisotopic (exact) mass is 243 g/mol. The SMILES string of the molecule is O=c1[nH]c(S(=O)(=O)Cl)cc2ccccc12. The second-order valence-corrected chi connectivity index (χ2v) is 5.52. The lowest BCUT2D eigenvalue weighted by Gasteiger charge is -1.99. The number of aromatic nitrogens is 1. The molecule has 0 atom stereocenters. The predicted molar refractivity (Wildman–Crippen MR) is 57.6 cm³/mol. The van der Waals surface area contributed by atoms with Crippen molar-refractivity contribution in [3.05, 3.63) is 40.7 Å². The van der Waals surface area contributed by atoms with Gasteiger partial charge in [-0.25, -0.2) is 8.42 Å². The van der Waals surface area contributed by atoms with Gasteiger partial charge in [-0.2, -0.15) is 0 Å². The van der Waals surface area contributed by atoms with E-state index in [9.17, 15) is 13.2 Å². The average Bonchev–Trinajstić information content (AvgIpc) is 2.16. The highest BCUT2D eigenvalue weighted by atomic mass is 35.7. The molecule has 0 saturated heterocycles. The highest BCUT2D eigenvalue weighted by Gasteiger charge is 2.12. The molecule has 0 radical (unpaired) electrons. The Bertz CT molecular complexity index is 675. The summed E-state index contributed by atoms with van der Waals surface area (Å²) in [4.78, 5) is 13.7. The predicted octanol–water partition coefficient (Wildman–Crippen LogP) is 1.46. The fourth-order valence-corrected chi connectivity index (χ4v) is 2.05. The number of aromatic amines is 1. The molecule has 2 rings (SSSR count). The van der Waals surface area contributed by atoms with Crippen LogP contribution in [0.4, 0.5) is 0 Å². The summed E-state index contributed by atoms with van der Waals surface area (Å²) < 4.78 is 22.0. The molecule has 0 aliphatic carbocycles. The summed E-state index contributed by atoms with van der Waals surface area (Å²) in [5.74, 6) is 0. The van der Waals surface area contributed by atoms with Crippen LogP contribution in [0.15, 0.2) is 40.2 Å². The number of rotatable bonds is 1. The van der Waals surface area contributed by atoms with Crippen LogP contribution in [0.25, 0.3) is 10.8 Å². The van der Waals surface area contributed by atoms with Crippen LogP contribution in [0.5, 0.6) is 0 Å². The van der Waals surface area contributed by atoms with Gasteiger partial charge in [-0.3, -0.25) is 4.79 Å². The number of pyridine rings is 1. The Balaban J connectivity index is 2.91. The van der Waals surface area contributed by atoms with E-state index in [4.69, 9.17) is 10.7 Å². The van der Waals surface area contributed by atoms with Crippen molar-refractivity contribution in [1.82, 2.24) is 4.98 Å². The van der Waals surface area contributed by atoms with Crippen LogP contribution in [-0.4, -0.2) is 13.4 Å². The molecule has 2 aromatic rings. The Morgan fingerprint density at radius 2 is 1.87 bits per heavy atom. The van der Waals surface area contributed by atoms with Gasteiger partial charge in [0.25, 0.3) is 14.6 Å². The minimum atomic E-state index is -3.90. The zero-order chi connectivity index (χ0) is 11.1. The van der Waals surface area contributed by atoms with Gasteiger partial charge in [-0.15, -0.1) is 0 Å². The number of hydrogen-bond donors (Lipinski definition) is 1. The number of benzene rings is 1. The number of fused-ring (bicyclic) bond motifs is 1. The van der Waals surface area contributed by atoms with E-state index in [1.807, 2.05) is 0 Å². The van der Waals surface area contributed by atoms with E-state index in [2.05, 4.69) is 4.98 Å². The molecule has 15 heavy (non-hydrogen) atoms. The highest BCUT2D eigenvalue weighted by molar-refractivity contribution is 8.13. The summed E-state index contributed by atoms with van der Waals surface area (Å²) in [5, 5.41) is 0.690. The number of hydrogen-bond acceptors (Lipinski definition) is 3. The van der Waals surface area contributed by atoms with Gasteiger partial charge in [-0.1, -0.05) is 18.2 Å². The molecule has 1 N–H and O–H groups in total. The Morgan fingerprint density at radius 1 is 1.20 bits per heavy atom. The van der Waals surface area contributed by atoms with Crippen LogP contribution >= 0.6 is 10.7 Å². The topological polar surface area (TPSA) is 67.0 Å². The van der Waals surface area contributed by atoms with Gasteiger partial charge in [0.1, 0.15) is 0 Å². The van der Waals surface area contributed by atoms with Crippen molar-refractivity contribution in [2.45, 2.75) is 5.03 Å². The summed E-state index contributed by atoms with van der Waals surface area (Å²) >= 11 is 0. The summed E-state index contributed by atoms with van der Waals surface area (Å²) in [6.07, 6.45) is 0. The third kappa shape index (κ3) is 1.88. The molecule has 0 aliphatic heterocycles. The summed E-state index contributed by atoms with van der Waals surface area (Å²) in [7, 11) is 1.23. The molecule has 4 nitrogen and oxygen atoms in total. The van der Waals surface area contributed by atoms with Crippen LogP contribution in [0.2, 0.25) is 0 Å². The van der Waals surface area contributed by atoms with Gasteiger partial charge in [0.05, 0.1) is 0 Å². The zero-order valence-electron chi connectivity index (χ0n) is 7.40. The molecule has 0 saturated carbocycles. The minimum absolute atomic E-state index is 0.284. The third-order valence-electron chi connectivity index (χ3n) is 1.99. The Kier molecular flexibility index (Phi) is 2.28. The van der Waals surface area contributed by atoms with E-state index >= 15 is 0 Å². The van der Waals surface area contributed by atoms with Gasteiger partial charge < -0.3 is 4.98 Å². The van der Waals surface area contributed by atoms with Gasteiger partial charge in [-0.05, 0) is 17.5 Å². The summed E-state index contributed by atoms with van der Waals surface area (Å²) in [5.41, 5.74) is -0.465. The third-order valence-corrected chi connectivity index (χ3v) is 3.24. The van der Waals surface area contributed by atoms with Crippen LogP contribution in [0.1, 0.15) is 0 Å². The summed E-state index contributed by atoms with van der Waals surface area (Å²) in [6.45, 7) is 0. The second-order valence-electron chi connectivity index (χ2n) is 2.99. The average molecular weight is 244 g/mol. The van der Waals surface area contributed by atoms with Crippen molar-refractivity contribution >= 4 is 30.5 Å². The quantitative estimate of drug-likeness (QED) is 0.771. The Labute approximate surface area is 89.9 Å². The van der Waals surface area contributed by atoms with E-state index in [1.165, 1.54) is 6.07 Å². The molecule has 0 spiro atoms. The van der Waals surface area contributed by atoms with E-state index in [-0.39, 0.29) is 5.03 Å². The maximum Gasteiger partial charge on any atom is 0.276 e. The first-order valence-corrected chi connectivity index (χ1v) is 6.36. The van der Waals surface area contributed by atoms with Crippen molar-refractivity contribution in [2.75, 3.05) is 0 Å². The molecule has 1 aromatic carbocycles. The lowest BCUT2D eigenvalue weighted by molar-refractivity contribution is 0.606. The van der Waals surface area contributed by atoms with Crippen molar-refractivity contribution in [1.29, 1.82) is 0 Å². The molecular formula is C9H6ClNO3S. The maximum absolute atomic E-state index is 11.5. The number of H-pyrrole nitrogens is 1.